The Labute approximate surface area is 121 Å². The van der Waals surface area contributed by atoms with Crippen LogP contribution in [0.5, 0.6) is 11.5 Å². The molecule has 0 aliphatic rings. The molecule has 6 heteroatoms. The van der Waals surface area contributed by atoms with E-state index in [1.54, 1.807) is 26.1 Å². The van der Waals surface area contributed by atoms with E-state index >= 15 is 0 Å². The van der Waals surface area contributed by atoms with Crippen molar-refractivity contribution < 1.29 is 14.1 Å². The van der Waals surface area contributed by atoms with Gasteiger partial charge in [-0.25, -0.2) is 4.39 Å². The molecule has 0 amide bonds. The Bertz CT molecular complexity index is 674. The zero-order valence-corrected chi connectivity index (χ0v) is 11.7. The fourth-order valence-corrected chi connectivity index (χ4v) is 1.92. The highest BCUT2D eigenvalue weighted by atomic mass is 19.1. The van der Waals surface area contributed by atoms with Crippen molar-refractivity contribution >= 4 is 5.69 Å². The van der Waals surface area contributed by atoms with Crippen LogP contribution in [0.3, 0.4) is 0 Å². The number of nitro groups is 1. The SMILES string of the molecule is CNCc1ccc(Oc2ccc(C)cc2[N+](=O)[O-])c(F)c1. The lowest BCUT2D eigenvalue weighted by Crippen LogP contribution is -2.05. The average Bonchev–Trinajstić information content (AvgIpc) is 2.43. The van der Waals surface area contributed by atoms with E-state index < -0.39 is 10.7 Å². The summed E-state index contributed by atoms with van der Waals surface area (Å²) in [6.45, 7) is 2.27. The largest absolute Gasteiger partial charge is 0.447 e. The lowest BCUT2D eigenvalue weighted by molar-refractivity contribution is -0.385. The summed E-state index contributed by atoms with van der Waals surface area (Å²) in [5.41, 5.74) is 1.31. The maximum absolute atomic E-state index is 13.9. The molecule has 2 rings (SSSR count). The zero-order valence-electron chi connectivity index (χ0n) is 11.7. The summed E-state index contributed by atoms with van der Waals surface area (Å²) < 4.78 is 19.3. The fourth-order valence-electron chi connectivity index (χ4n) is 1.92. The number of benzene rings is 2. The van der Waals surface area contributed by atoms with Gasteiger partial charge in [0.1, 0.15) is 0 Å². The van der Waals surface area contributed by atoms with Gasteiger partial charge in [0.25, 0.3) is 0 Å². The second-order valence-corrected chi connectivity index (χ2v) is 4.63. The quantitative estimate of drug-likeness (QED) is 0.675. The molecule has 2 aromatic carbocycles. The monoisotopic (exact) mass is 290 g/mol. The summed E-state index contributed by atoms with van der Waals surface area (Å²) >= 11 is 0. The van der Waals surface area contributed by atoms with Crippen molar-refractivity contribution in [2.24, 2.45) is 0 Å². The van der Waals surface area contributed by atoms with Gasteiger partial charge in [-0.05, 0) is 43.3 Å². The van der Waals surface area contributed by atoms with Crippen molar-refractivity contribution in [1.82, 2.24) is 5.32 Å². The number of halogens is 1. The van der Waals surface area contributed by atoms with E-state index in [9.17, 15) is 14.5 Å². The van der Waals surface area contributed by atoms with Crippen molar-refractivity contribution in [1.29, 1.82) is 0 Å². The van der Waals surface area contributed by atoms with Gasteiger partial charge in [0.05, 0.1) is 4.92 Å². The molecule has 110 valence electrons. The van der Waals surface area contributed by atoms with Crippen LogP contribution in [0.1, 0.15) is 11.1 Å². The second kappa shape index (κ2) is 6.32. The number of hydrogen-bond acceptors (Lipinski definition) is 4. The summed E-state index contributed by atoms with van der Waals surface area (Å²) in [4.78, 5) is 10.5. The van der Waals surface area contributed by atoms with Gasteiger partial charge in [-0.3, -0.25) is 10.1 Å². The van der Waals surface area contributed by atoms with Crippen LogP contribution in [-0.2, 0) is 6.54 Å². The van der Waals surface area contributed by atoms with Gasteiger partial charge >= 0.3 is 5.69 Å². The van der Waals surface area contributed by atoms with Crippen molar-refractivity contribution in [3.8, 4) is 11.5 Å². The Balaban J connectivity index is 2.32. The maximum Gasteiger partial charge on any atom is 0.311 e. The first-order chi connectivity index (χ1) is 10.0. The molecular formula is C15H15FN2O3. The van der Waals surface area contributed by atoms with Gasteiger partial charge in [-0.1, -0.05) is 12.1 Å². The van der Waals surface area contributed by atoms with Crippen LogP contribution < -0.4 is 10.1 Å². The van der Waals surface area contributed by atoms with Crippen molar-refractivity contribution in [2.45, 2.75) is 13.5 Å². The van der Waals surface area contributed by atoms with E-state index in [0.717, 1.165) is 11.1 Å². The number of aryl methyl sites for hydroxylation is 1. The molecule has 0 aliphatic heterocycles. The van der Waals surface area contributed by atoms with E-state index in [1.165, 1.54) is 24.3 Å². The molecule has 0 atom stereocenters. The number of nitro benzene ring substituents is 1. The van der Waals surface area contributed by atoms with E-state index in [4.69, 9.17) is 4.74 Å². The molecule has 0 fully saturated rings. The third-order valence-corrected chi connectivity index (χ3v) is 2.91. The summed E-state index contributed by atoms with van der Waals surface area (Å²) in [6, 6.07) is 9.04. The van der Waals surface area contributed by atoms with Gasteiger partial charge < -0.3 is 10.1 Å². The molecule has 0 radical (unpaired) electrons. The Morgan fingerprint density at radius 3 is 2.57 bits per heavy atom. The minimum Gasteiger partial charge on any atom is -0.447 e. The molecule has 1 N–H and O–H groups in total. The number of nitrogens with zero attached hydrogens (tertiary/aromatic N) is 1. The van der Waals surface area contributed by atoms with Gasteiger partial charge in [-0.2, -0.15) is 0 Å². The van der Waals surface area contributed by atoms with Crippen molar-refractivity contribution in [3.63, 3.8) is 0 Å². The normalized spacial score (nSPS) is 10.4. The first-order valence-corrected chi connectivity index (χ1v) is 6.37. The van der Waals surface area contributed by atoms with E-state index in [2.05, 4.69) is 5.32 Å². The summed E-state index contributed by atoms with van der Waals surface area (Å²) in [7, 11) is 1.76. The minimum atomic E-state index is -0.558. The first kappa shape index (κ1) is 14.9. The molecule has 0 spiro atoms. The van der Waals surface area contributed by atoms with Crippen LogP contribution in [0.15, 0.2) is 36.4 Å². The highest BCUT2D eigenvalue weighted by Crippen LogP contribution is 2.33. The Hall–Kier alpha value is -2.47. The Morgan fingerprint density at radius 1 is 1.24 bits per heavy atom. The lowest BCUT2D eigenvalue weighted by atomic mass is 10.2. The molecule has 21 heavy (non-hydrogen) atoms. The zero-order chi connectivity index (χ0) is 15.4. The average molecular weight is 290 g/mol. The molecule has 5 nitrogen and oxygen atoms in total. The van der Waals surface area contributed by atoms with Gasteiger partial charge in [0, 0.05) is 12.6 Å². The minimum absolute atomic E-state index is 0.0193. The molecule has 0 unspecified atom stereocenters. The number of ether oxygens (including phenoxy) is 1. The summed E-state index contributed by atoms with van der Waals surface area (Å²) in [6.07, 6.45) is 0. The van der Waals surface area contributed by atoms with Gasteiger partial charge in [0.2, 0.25) is 5.75 Å². The van der Waals surface area contributed by atoms with E-state index in [1.807, 2.05) is 0 Å². The molecule has 0 saturated carbocycles. The van der Waals surface area contributed by atoms with Crippen LogP contribution in [0.2, 0.25) is 0 Å². The van der Waals surface area contributed by atoms with Crippen LogP contribution in [0.25, 0.3) is 0 Å². The highest BCUT2D eigenvalue weighted by Gasteiger charge is 2.17. The molecular weight excluding hydrogens is 275 g/mol. The lowest BCUT2D eigenvalue weighted by Gasteiger charge is -2.09. The predicted octanol–water partition coefficient (Wildman–Crippen LogP) is 3.55. The third kappa shape index (κ3) is 3.55. The molecule has 0 saturated heterocycles. The van der Waals surface area contributed by atoms with E-state index in [0.29, 0.717) is 6.54 Å². The molecule has 0 bridgehead atoms. The summed E-state index contributed by atoms with van der Waals surface area (Å²) in [5, 5.41) is 13.9. The summed E-state index contributed by atoms with van der Waals surface area (Å²) in [5.74, 6) is -0.578. The van der Waals surface area contributed by atoms with Crippen LogP contribution in [0.4, 0.5) is 10.1 Å². The van der Waals surface area contributed by atoms with E-state index in [-0.39, 0.29) is 17.2 Å². The van der Waals surface area contributed by atoms with Crippen molar-refractivity contribution in [2.75, 3.05) is 7.05 Å². The standard InChI is InChI=1S/C15H15FN2O3/c1-10-3-5-15(13(7-10)18(19)20)21-14-6-4-11(9-17-2)8-12(14)16/h3-8,17H,9H2,1-2H3. The van der Waals surface area contributed by atoms with Gasteiger partial charge in [0.15, 0.2) is 11.6 Å². The van der Waals surface area contributed by atoms with Crippen LogP contribution in [0, 0.1) is 22.9 Å². The van der Waals surface area contributed by atoms with Crippen LogP contribution >= 0.6 is 0 Å². The topological polar surface area (TPSA) is 64.4 Å². The van der Waals surface area contributed by atoms with Crippen molar-refractivity contribution in [3.05, 3.63) is 63.5 Å². The fraction of sp³-hybridized carbons (Fsp3) is 0.200. The highest BCUT2D eigenvalue weighted by molar-refractivity contribution is 5.50. The van der Waals surface area contributed by atoms with Crippen LogP contribution in [-0.4, -0.2) is 12.0 Å². The number of nitrogens with one attached hydrogen (secondary N) is 1. The first-order valence-electron chi connectivity index (χ1n) is 6.37. The Kier molecular flexibility index (Phi) is 4.49. The smallest absolute Gasteiger partial charge is 0.311 e. The second-order valence-electron chi connectivity index (χ2n) is 4.63. The molecule has 0 heterocycles. The predicted molar refractivity (Wildman–Crippen MR) is 77.1 cm³/mol. The Morgan fingerprint density at radius 2 is 1.95 bits per heavy atom. The molecule has 0 aromatic heterocycles. The number of rotatable bonds is 5. The maximum atomic E-state index is 13.9. The number of hydrogen-bond donors (Lipinski definition) is 1. The van der Waals surface area contributed by atoms with Gasteiger partial charge in [-0.15, -0.1) is 0 Å². The molecule has 0 aliphatic carbocycles. The molecule has 2 aromatic rings. The third-order valence-electron chi connectivity index (χ3n) is 2.91.